The van der Waals surface area contributed by atoms with Gasteiger partial charge in [-0.2, -0.15) is 0 Å². The largest absolute Gasteiger partial charge is 0.382 e. The number of hydrogen-bond donors (Lipinski definition) is 1. The van der Waals surface area contributed by atoms with Gasteiger partial charge >= 0.3 is 0 Å². The molecular formula is C14H21NO3S. The van der Waals surface area contributed by atoms with Crippen LogP contribution in [0.3, 0.4) is 0 Å². The van der Waals surface area contributed by atoms with Crippen molar-refractivity contribution in [2.24, 2.45) is 5.92 Å². The zero-order valence-corrected chi connectivity index (χ0v) is 12.2. The molecule has 0 aromatic heterocycles. The summed E-state index contributed by atoms with van der Waals surface area (Å²) in [6, 6.07) is 8.03. The predicted molar refractivity (Wildman–Crippen MR) is 77.0 cm³/mol. The maximum atomic E-state index is 11.3. The van der Waals surface area contributed by atoms with E-state index in [4.69, 9.17) is 4.74 Å². The summed E-state index contributed by atoms with van der Waals surface area (Å²) in [5, 5.41) is 3.48. The highest BCUT2D eigenvalue weighted by molar-refractivity contribution is 7.89. The Labute approximate surface area is 115 Å². The molecule has 0 aliphatic carbocycles. The average molecular weight is 283 g/mol. The van der Waals surface area contributed by atoms with Crippen molar-refractivity contribution >= 4 is 15.5 Å². The summed E-state index contributed by atoms with van der Waals surface area (Å²) in [5.74, 6) is 0.554. The van der Waals surface area contributed by atoms with Gasteiger partial charge in [-0.05, 0) is 30.0 Å². The van der Waals surface area contributed by atoms with E-state index in [0.717, 1.165) is 30.9 Å². The molecule has 0 amide bonds. The van der Waals surface area contributed by atoms with Gasteiger partial charge in [-0.15, -0.1) is 0 Å². The van der Waals surface area contributed by atoms with Crippen LogP contribution >= 0.6 is 0 Å². The van der Waals surface area contributed by atoms with Gasteiger partial charge in [0.25, 0.3) is 0 Å². The molecule has 2 unspecified atom stereocenters. The van der Waals surface area contributed by atoms with Gasteiger partial charge in [0.2, 0.25) is 0 Å². The van der Waals surface area contributed by atoms with Gasteiger partial charge in [0.1, 0.15) is 0 Å². The number of benzene rings is 1. The Morgan fingerprint density at radius 3 is 2.89 bits per heavy atom. The molecule has 5 heteroatoms. The van der Waals surface area contributed by atoms with Gasteiger partial charge in [0, 0.05) is 24.6 Å². The average Bonchev–Trinajstić information content (AvgIpc) is 2.30. The van der Waals surface area contributed by atoms with Crippen LogP contribution in [0.2, 0.25) is 0 Å². The van der Waals surface area contributed by atoms with Crippen LogP contribution in [0, 0.1) is 5.92 Å². The van der Waals surface area contributed by atoms with Gasteiger partial charge in [0.15, 0.2) is 9.84 Å². The summed E-state index contributed by atoms with van der Waals surface area (Å²) in [5.41, 5.74) is 1.81. The molecule has 1 saturated heterocycles. The Balaban J connectivity index is 2.06. The highest BCUT2D eigenvalue weighted by atomic mass is 32.2. The van der Waals surface area contributed by atoms with Crippen LogP contribution < -0.4 is 5.32 Å². The lowest BCUT2D eigenvalue weighted by Gasteiger charge is -2.30. The van der Waals surface area contributed by atoms with Crippen molar-refractivity contribution in [3.63, 3.8) is 0 Å². The van der Waals surface area contributed by atoms with Crippen LogP contribution in [-0.4, -0.2) is 33.9 Å². The molecule has 1 fully saturated rings. The molecule has 106 valence electrons. The van der Waals surface area contributed by atoms with E-state index in [1.165, 1.54) is 6.26 Å². The quantitative estimate of drug-likeness (QED) is 0.919. The molecule has 1 aromatic carbocycles. The van der Waals surface area contributed by atoms with Crippen molar-refractivity contribution < 1.29 is 13.2 Å². The van der Waals surface area contributed by atoms with Crippen LogP contribution in [0.25, 0.3) is 0 Å². The summed E-state index contributed by atoms with van der Waals surface area (Å²) in [6.07, 6.45) is 2.24. The highest BCUT2D eigenvalue weighted by Gasteiger charge is 2.21. The van der Waals surface area contributed by atoms with Gasteiger partial charge in [-0.25, -0.2) is 8.42 Å². The van der Waals surface area contributed by atoms with Gasteiger partial charge in [-0.1, -0.05) is 19.1 Å². The predicted octanol–water partition coefficient (Wildman–Crippen LogP) is 2.07. The highest BCUT2D eigenvalue weighted by Crippen LogP contribution is 2.20. The molecule has 1 aliphatic heterocycles. The van der Waals surface area contributed by atoms with Crippen LogP contribution in [0.1, 0.15) is 18.9 Å². The van der Waals surface area contributed by atoms with Crippen molar-refractivity contribution in [2.45, 2.75) is 25.1 Å². The summed E-state index contributed by atoms with van der Waals surface area (Å²) >= 11 is 0. The number of anilines is 1. The van der Waals surface area contributed by atoms with Crippen LogP contribution in [0.5, 0.6) is 0 Å². The second-order valence-corrected chi connectivity index (χ2v) is 7.50. The van der Waals surface area contributed by atoms with Crippen molar-refractivity contribution in [2.75, 3.05) is 24.8 Å². The van der Waals surface area contributed by atoms with E-state index in [-0.39, 0.29) is 5.75 Å². The summed E-state index contributed by atoms with van der Waals surface area (Å²) in [4.78, 5) is 0. The zero-order valence-electron chi connectivity index (χ0n) is 11.4. The maximum Gasteiger partial charge on any atom is 0.151 e. The van der Waals surface area contributed by atoms with E-state index in [2.05, 4.69) is 12.2 Å². The first-order valence-electron chi connectivity index (χ1n) is 6.55. The minimum atomic E-state index is -2.99. The normalized spacial score (nSPS) is 24.1. The molecular weight excluding hydrogens is 262 g/mol. The zero-order chi connectivity index (χ0) is 13.9. The van der Waals surface area contributed by atoms with E-state index in [0.29, 0.717) is 12.0 Å². The van der Waals surface area contributed by atoms with E-state index in [1.807, 2.05) is 24.3 Å². The van der Waals surface area contributed by atoms with Crippen molar-refractivity contribution in [1.29, 1.82) is 0 Å². The number of nitrogens with one attached hydrogen (secondary N) is 1. The molecule has 1 aliphatic rings. The van der Waals surface area contributed by atoms with Gasteiger partial charge < -0.3 is 10.1 Å². The first kappa shape index (κ1) is 14.3. The molecule has 0 spiro atoms. The maximum absolute atomic E-state index is 11.3. The van der Waals surface area contributed by atoms with Crippen molar-refractivity contribution in [3.8, 4) is 0 Å². The number of hydrogen-bond acceptors (Lipinski definition) is 4. The lowest BCUT2D eigenvalue weighted by atomic mass is 9.97. The first-order valence-corrected chi connectivity index (χ1v) is 8.61. The number of rotatable bonds is 4. The Morgan fingerprint density at radius 1 is 1.42 bits per heavy atom. The fourth-order valence-corrected chi connectivity index (χ4v) is 3.15. The topological polar surface area (TPSA) is 55.4 Å². The Hall–Kier alpha value is -1.07. The molecule has 1 heterocycles. The smallest absolute Gasteiger partial charge is 0.151 e. The number of ether oxygens (including phenoxy) is 1. The third-order valence-corrected chi connectivity index (χ3v) is 4.21. The standard InChI is InChI=1S/C14H21NO3S/c1-11-9-18-7-6-14(11)15-13-5-3-4-12(8-13)10-19(2,16)17/h3-5,8,11,14-15H,6-7,9-10H2,1-2H3. The Morgan fingerprint density at radius 2 is 2.21 bits per heavy atom. The lowest BCUT2D eigenvalue weighted by molar-refractivity contribution is 0.0538. The van der Waals surface area contributed by atoms with E-state index in [9.17, 15) is 8.42 Å². The minimum Gasteiger partial charge on any atom is -0.382 e. The van der Waals surface area contributed by atoms with Crippen LogP contribution in [0.4, 0.5) is 5.69 Å². The summed E-state index contributed by atoms with van der Waals surface area (Å²) in [7, 11) is -2.99. The molecule has 1 N–H and O–H groups in total. The van der Waals surface area contributed by atoms with E-state index >= 15 is 0 Å². The Bertz CT molecular complexity index is 527. The summed E-state index contributed by atoms with van der Waals surface area (Å²) < 4.78 is 28.1. The van der Waals surface area contributed by atoms with Gasteiger partial charge in [0.05, 0.1) is 12.4 Å². The third-order valence-electron chi connectivity index (χ3n) is 3.35. The van der Waals surface area contributed by atoms with Crippen LogP contribution in [-0.2, 0) is 20.3 Å². The molecule has 0 radical (unpaired) electrons. The molecule has 0 bridgehead atoms. The molecule has 2 atom stereocenters. The van der Waals surface area contributed by atoms with E-state index in [1.54, 1.807) is 0 Å². The number of sulfone groups is 1. The second-order valence-electron chi connectivity index (χ2n) is 5.36. The minimum absolute atomic E-state index is 0.0891. The molecule has 0 saturated carbocycles. The molecule has 2 rings (SSSR count). The third kappa shape index (κ3) is 4.51. The second kappa shape index (κ2) is 5.92. The fourth-order valence-electron chi connectivity index (χ4n) is 2.36. The summed E-state index contributed by atoms with van der Waals surface area (Å²) in [6.45, 7) is 3.73. The van der Waals surface area contributed by atoms with Crippen molar-refractivity contribution in [1.82, 2.24) is 0 Å². The molecule has 1 aromatic rings. The SMILES string of the molecule is CC1COCCC1Nc1cccc(CS(C)(=O)=O)c1. The first-order chi connectivity index (χ1) is 8.94. The van der Waals surface area contributed by atoms with Crippen LogP contribution in [0.15, 0.2) is 24.3 Å². The fraction of sp³-hybridized carbons (Fsp3) is 0.571. The Kier molecular flexibility index (Phi) is 4.47. The lowest BCUT2D eigenvalue weighted by Crippen LogP contribution is -2.35. The molecule has 4 nitrogen and oxygen atoms in total. The van der Waals surface area contributed by atoms with Crippen molar-refractivity contribution in [3.05, 3.63) is 29.8 Å². The monoisotopic (exact) mass is 283 g/mol. The van der Waals surface area contributed by atoms with E-state index < -0.39 is 9.84 Å². The van der Waals surface area contributed by atoms with Gasteiger partial charge in [-0.3, -0.25) is 0 Å². The molecule has 19 heavy (non-hydrogen) atoms.